The molecule has 6 nitrogen and oxygen atoms in total. The van der Waals surface area contributed by atoms with Gasteiger partial charge in [-0.3, -0.25) is 9.69 Å². The maximum atomic E-state index is 12.4. The summed E-state index contributed by atoms with van der Waals surface area (Å²) in [5, 5.41) is 6.15. The molecule has 0 atom stereocenters. The van der Waals surface area contributed by atoms with Gasteiger partial charge >= 0.3 is 0 Å². The summed E-state index contributed by atoms with van der Waals surface area (Å²) in [6.45, 7) is 5.83. The lowest BCUT2D eigenvalue weighted by Gasteiger charge is -2.34. The van der Waals surface area contributed by atoms with Gasteiger partial charge in [-0.05, 0) is 24.8 Å². The Kier molecular flexibility index (Phi) is 5.83. The second kappa shape index (κ2) is 8.67. The normalized spacial score (nSPS) is 15.1. The standard InChI is InChI=1S/C21H24N4O2S/c1-16-4-6-17(7-5-16)21-22-19(27-23-21)15-24-10-12-25(13-11-24)20(26)9-8-18-3-2-14-28-18/h2-7,14H,8-13,15H2,1H3. The van der Waals surface area contributed by atoms with Gasteiger partial charge in [-0.2, -0.15) is 4.98 Å². The number of amides is 1. The van der Waals surface area contributed by atoms with Crippen LogP contribution in [0.3, 0.4) is 0 Å². The average molecular weight is 397 g/mol. The number of aromatic nitrogens is 2. The average Bonchev–Trinajstić information content (AvgIpc) is 3.39. The fourth-order valence-electron chi connectivity index (χ4n) is 3.33. The molecule has 2 aromatic heterocycles. The topological polar surface area (TPSA) is 62.5 Å². The Labute approximate surface area is 168 Å². The molecule has 0 radical (unpaired) electrons. The molecule has 0 saturated carbocycles. The molecule has 1 saturated heterocycles. The molecule has 1 aliphatic heterocycles. The van der Waals surface area contributed by atoms with Gasteiger partial charge in [-0.1, -0.05) is 41.1 Å². The Hall–Kier alpha value is -2.51. The zero-order valence-corrected chi connectivity index (χ0v) is 16.8. The maximum absolute atomic E-state index is 12.4. The molecular weight excluding hydrogens is 372 g/mol. The van der Waals surface area contributed by atoms with E-state index >= 15 is 0 Å². The first kappa shape index (κ1) is 18.8. The van der Waals surface area contributed by atoms with Crippen LogP contribution in [0.15, 0.2) is 46.3 Å². The second-order valence-corrected chi connectivity index (χ2v) is 8.15. The second-order valence-electron chi connectivity index (χ2n) is 7.11. The Balaban J connectivity index is 1.25. The quantitative estimate of drug-likeness (QED) is 0.639. The molecular formula is C21H24N4O2S. The first-order chi connectivity index (χ1) is 13.7. The first-order valence-electron chi connectivity index (χ1n) is 9.59. The lowest BCUT2D eigenvalue weighted by atomic mass is 10.1. The molecule has 3 heterocycles. The molecule has 1 amide bonds. The third kappa shape index (κ3) is 4.66. The van der Waals surface area contributed by atoms with Crippen LogP contribution < -0.4 is 0 Å². The molecule has 1 aliphatic rings. The SMILES string of the molecule is Cc1ccc(-c2noc(CN3CCN(C(=O)CCc4cccs4)CC3)n2)cc1. The van der Waals surface area contributed by atoms with Crippen molar-refractivity contribution in [3.8, 4) is 11.4 Å². The predicted molar refractivity (Wildman–Crippen MR) is 109 cm³/mol. The van der Waals surface area contributed by atoms with E-state index in [1.165, 1.54) is 10.4 Å². The van der Waals surface area contributed by atoms with Gasteiger partial charge in [0.15, 0.2) is 0 Å². The zero-order valence-electron chi connectivity index (χ0n) is 16.0. The molecule has 3 aromatic rings. The van der Waals surface area contributed by atoms with Gasteiger partial charge in [0.1, 0.15) is 0 Å². The van der Waals surface area contributed by atoms with Crippen LogP contribution >= 0.6 is 11.3 Å². The van der Waals surface area contributed by atoms with Gasteiger partial charge in [-0.15, -0.1) is 11.3 Å². The summed E-state index contributed by atoms with van der Waals surface area (Å²) in [4.78, 5) is 22.4. The van der Waals surface area contributed by atoms with Crippen LogP contribution in [0.5, 0.6) is 0 Å². The summed E-state index contributed by atoms with van der Waals surface area (Å²) < 4.78 is 5.42. The molecule has 1 fully saturated rings. The van der Waals surface area contributed by atoms with E-state index < -0.39 is 0 Å². The highest BCUT2D eigenvalue weighted by Gasteiger charge is 2.22. The van der Waals surface area contributed by atoms with Crippen molar-refractivity contribution >= 4 is 17.2 Å². The summed E-state index contributed by atoms with van der Waals surface area (Å²) in [7, 11) is 0. The largest absolute Gasteiger partial charge is 0.340 e. The third-order valence-electron chi connectivity index (χ3n) is 5.03. The lowest BCUT2D eigenvalue weighted by Crippen LogP contribution is -2.48. The number of nitrogens with zero attached hydrogens (tertiary/aromatic N) is 4. The fraction of sp³-hybridized carbons (Fsp3) is 0.381. The predicted octanol–water partition coefficient (Wildman–Crippen LogP) is 3.38. The minimum Gasteiger partial charge on any atom is -0.340 e. The maximum Gasteiger partial charge on any atom is 0.241 e. The van der Waals surface area contributed by atoms with Crippen molar-refractivity contribution in [3.05, 3.63) is 58.1 Å². The van der Waals surface area contributed by atoms with Crippen LogP contribution in [0.25, 0.3) is 11.4 Å². The molecule has 0 aliphatic carbocycles. The van der Waals surface area contributed by atoms with Gasteiger partial charge in [0.05, 0.1) is 6.54 Å². The summed E-state index contributed by atoms with van der Waals surface area (Å²) in [5.41, 5.74) is 2.16. The molecule has 146 valence electrons. The van der Waals surface area contributed by atoms with E-state index in [4.69, 9.17) is 4.52 Å². The number of benzene rings is 1. The number of carbonyl (C=O) groups is 1. The number of thiophene rings is 1. The summed E-state index contributed by atoms with van der Waals surface area (Å²) in [5.74, 6) is 1.48. The summed E-state index contributed by atoms with van der Waals surface area (Å²) in [6.07, 6.45) is 1.42. The Morgan fingerprint density at radius 2 is 1.93 bits per heavy atom. The minimum atomic E-state index is 0.243. The first-order valence-corrected chi connectivity index (χ1v) is 10.5. The minimum absolute atomic E-state index is 0.243. The molecule has 1 aromatic carbocycles. The monoisotopic (exact) mass is 396 g/mol. The number of rotatable bonds is 6. The van der Waals surface area contributed by atoms with Crippen LogP contribution in [0.2, 0.25) is 0 Å². The van der Waals surface area contributed by atoms with Gasteiger partial charge in [-0.25, -0.2) is 0 Å². The van der Waals surface area contributed by atoms with Crippen molar-refractivity contribution in [3.63, 3.8) is 0 Å². The Morgan fingerprint density at radius 3 is 2.64 bits per heavy atom. The lowest BCUT2D eigenvalue weighted by molar-refractivity contribution is -0.133. The van der Waals surface area contributed by atoms with Crippen molar-refractivity contribution in [2.24, 2.45) is 0 Å². The third-order valence-corrected chi connectivity index (χ3v) is 5.96. The van der Waals surface area contributed by atoms with Crippen molar-refractivity contribution in [1.29, 1.82) is 0 Å². The van der Waals surface area contributed by atoms with E-state index in [1.807, 2.05) is 35.2 Å². The summed E-state index contributed by atoms with van der Waals surface area (Å²) in [6, 6.07) is 12.2. The fourth-order valence-corrected chi connectivity index (χ4v) is 4.04. The smallest absolute Gasteiger partial charge is 0.241 e. The molecule has 0 unspecified atom stereocenters. The van der Waals surface area contributed by atoms with E-state index in [9.17, 15) is 4.79 Å². The summed E-state index contributed by atoms with van der Waals surface area (Å²) >= 11 is 1.71. The van der Waals surface area contributed by atoms with E-state index in [0.717, 1.165) is 38.2 Å². The molecule has 4 rings (SSSR count). The zero-order chi connectivity index (χ0) is 19.3. The number of hydrogen-bond acceptors (Lipinski definition) is 6. The van der Waals surface area contributed by atoms with E-state index in [2.05, 4.69) is 33.4 Å². The number of carbonyl (C=O) groups excluding carboxylic acids is 1. The highest BCUT2D eigenvalue weighted by Crippen LogP contribution is 2.18. The molecule has 28 heavy (non-hydrogen) atoms. The molecule has 0 bridgehead atoms. The molecule has 7 heteroatoms. The van der Waals surface area contributed by atoms with E-state index in [0.29, 0.717) is 24.7 Å². The molecule has 0 spiro atoms. The Morgan fingerprint density at radius 1 is 1.14 bits per heavy atom. The van der Waals surface area contributed by atoms with Crippen LogP contribution in [0, 0.1) is 6.92 Å². The molecule has 0 N–H and O–H groups in total. The van der Waals surface area contributed by atoms with Crippen molar-refractivity contribution in [2.75, 3.05) is 26.2 Å². The van der Waals surface area contributed by atoms with Crippen molar-refractivity contribution < 1.29 is 9.32 Å². The van der Waals surface area contributed by atoms with Crippen LogP contribution in [-0.2, 0) is 17.8 Å². The van der Waals surface area contributed by atoms with Gasteiger partial charge in [0, 0.05) is 43.0 Å². The highest BCUT2D eigenvalue weighted by molar-refractivity contribution is 7.09. The van der Waals surface area contributed by atoms with Gasteiger partial charge < -0.3 is 9.42 Å². The van der Waals surface area contributed by atoms with Crippen LogP contribution in [0.4, 0.5) is 0 Å². The Bertz CT molecular complexity index is 897. The van der Waals surface area contributed by atoms with E-state index in [-0.39, 0.29) is 5.91 Å². The van der Waals surface area contributed by atoms with Gasteiger partial charge in [0.2, 0.25) is 17.6 Å². The van der Waals surface area contributed by atoms with Crippen molar-refractivity contribution in [1.82, 2.24) is 19.9 Å². The number of hydrogen-bond donors (Lipinski definition) is 0. The van der Waals surface area contributed by atoms with Crippen molar-refractivity contribution in [2.45, 2.75) is 26.3 Å². The van der Waals surface area contributed by atoms with E-state index in [1.54, 1.807) is 11.3 Å². The van der Waals surface area contributed by atoms with Crippen LogP contribution in [-0.4, -0.2) is 52.0 Å². The number of piperazine rings is 1. The number of aryl methyl sites for hydroxylation is 2. The highest BCUT2D eigenvalue weighted by atomic mass is 32.1. The van der Waals surface area contributed by atoms with Gasteiger partial charge in [0.25, 0.3) is 0 Å². The van der Waals surface area contributed by atoms with Crippen LogP contribution in [0.1, 0.15) is 22.8 Å².